The van der Waals surface area contributed by atoms with E-state index in [9.17, 15) is 8.42 Å². The smallest absolute Gasteiger partial charge is 0.242 e. The Morgan fingerprint density at radius 3 is 2.43 bits per heavy atom. The molecule has 1 aromatic carbocycles. The highest BCUT2D eigenvalue weighted by Gasteiger charge is 2.22. The molecule has 0 amide bonds. The molecule has 4 nitrogen and oxygen atoms in total. The summed E-state index contributed by atoms with van der Waals surface area (Å²) in [5, 5.41) is 0.373. The molecule has 0 aromatic heterocycles. The van der Waals surface area contributed by atoms with Gasteiger partial charge in [-0.05, 0) is 46.5 Å². The molecule has 0 aliphatic heterocycles. The molecule has 1 atom stereocenters. The van der Waals surface area contributed by atoms with E-state index < -0.39 is 10.0 Å². The van der Waals surface area contributed by atoms with Crippen molar-refractivity contribution in [3.63, 3.8) is 0 Å². The maximum atomic E-state index is 12.4. The van der Waals surface area contributed by atoms with Crippen molar-refractivity contribution >= 4 is 50.0 Å². The molecule has 0 radical (unpaired) electrons. The van der Waals surface area contributed by atoms with Gasteiger partial charge in [0.15, 0.2) is 0 Å². The normalized spacial score (nSPS) is 13.3. The molecule has 1 aromatic rings. The zero-order chi connectivity index (χ0) is 15.5. The molecule has 0 bridgehead atoms. The molecule has 1 unspecified atom stereocenters. The van der Waals surface area contributed by atoms with Crippen LogP contribution in [0.25, 0.3) is 0 Å². The van der Waals surface area contributed by atoms with E-state index in [1.165, 1.54) is 16.4 Å². The van der Waals surface area contributed by atoms with Crippen LogP contribution in [0.3, 0.4) is 0 Å². The van der Waals surface area contributed by atoms with Gasteiger partial charge in [0.25, 0.3) is 0 Å². The summed E-state index contributed by atoms with van der Waals surface area (Å²) < 4.78 is 26.8. The highest BCUT2D eigenvalue weighted by atomic mass is 79.9. The van der Waals surface area contributed by atoms with Gasteiger partial charge in [0.05, 0.1) is 9.92 Å². The summed E-state index contributed by atoms with van der Waals surface area (Å²) in [5.41, 5.74) is 5.94. The topological polar surface area (TPSA) is 63.4 Å². The molecule has 0 saturated heterocycles. The van der Waals surface area contributed by atoms with E-state index in [1.807, 2.05) is 13.8 Å². The third-order valence-corrected chi connectivity index (χ3v) is 6.32. The molecule has 0 fully saturated rings. The lowest BCUT2D eigenvalue weighted by molar-refractivity contribution is 0.397. The number of sulfonamides is 1. The summed E-state index contributed by atoms with van der Waals surface area (Å²) in [6, 6.07) is 4.59. The Hall–Kier alpha value is 0.150. The van der Waals surface area contributed by atoms with Crippen LogP contribution in [0.5, 0.6) is 0 Å². The quantitative estimate of drug-likeness (QED) is 0.766. The Morgan fingerprint density at radius 1 is 1.38 bits per heavy atom. The molecule has 0 saturated carbocycles. The lowest BCUT2D eigenvalue weighted by Gasteiger charge is -2.21. The summed E-state index contributed by atoms with van der Waals surface area (Å²) >= 11 is 9.19. The molecule has 0 aliphatic rings. The van der Waals surface area contributed by atoms with Crippen LogP contribution in [-0.4, -0.2) is 32.4 Å². The Balaban J connectivity index is 0.00000400. The van der Waals surface area contributed by atoms with Crippen LogP contribution in [-0.2, 0) is 10.0 Å². The fourth-order valence-corrected chi connectivity index (χ4v) is 3.31. The molecule has 1 rings (SSSR count). The third-order valence-electron chi connectivity index (χ3n) is 3.23. The molecule has 2 N–H and O–H groups in total. The van der Waals surface area contributed by atoms with Gasteiger partial charge in [0.1, 0.15) is 0 Å². The molecule has 122 valence electrons. The van der Waals surface area contributed by atoms with Gasteiger partial charge in [-0.2, -0.15) is 0 Å². The Labute approximate surface area is 146 Å². The highest BCUT2D eigenvalue weighted by molar-refractivity contribution is 9.10. The molecule has 21 heavy (non-hydrogen) atoms. The summed E-state index contributed by atoms with van der Waals surface area (Å²) in [6.07, 6.45) is 0.623. The number of hydrogen-bond donors (Lipinski definition) is 1. The van der Waals surface area contributed by atoms with Gasteiger partial charge in [-0.1, -0.05) is 25.4 Å². The predicted octanol–water partition coefficient (Wildman–Crippen LogP) is 3.52. The van der Waals surface area contributed by atoms with Crippen LogP contribution in [0, 0.1) is 5.92 Å². The fraction of sp³-hybridized carbons (Fsp3) is 0.538. The van der Waals surface area contributed by atoms with Crippen molar-refractivity contribution in [2.24, 2.45) is 11.7 Å². The average molecular weight is 420 g/mol. The van der Waals surface area contributed by atoms with Gasteiger partial charge >= 0.3 is 0 Å². The molecular weight excluding hydrogens is 399 g/mol. The van der Waals surface area contributed by atoms with Crippen molar-refractivity contribution in [2.75, 3.05) is 13.6 Å². The summed E-state index contributed by atoms with van der Waals surface area (Å²) in [5.74, 6) is 0.327. The van der Waals surface area contributed by atoms with Crippen LogP contribution in [0.2, 0.25) is 5.02 Å². The monoisotopic (exact) mass is 418 g/mol. The lowest BCUT2D eigenvalue weighted by atomic mass is 10.0. The van der Waals surface area contributed by atoms with E-state index in [0.717, 1.165) is 0 Å². The SMILES string of the molecule is CC(C)C(N)CCN(C)S(=O)(=O)c1ccc(Br)c(Cl)c1.Cl. The van der Waals surface area contributed by atoms with E-state index >= 15 is 0 Å². The minimum Gasteiger partial charge on any atom is -0.327 e. The Morgan fingerprint density at radius 2 is 1.95 bits per heavy atom. The second-order valence-corrected chi connectivity index (χ2v) is 8.41. The Bertz CT molecular complexity index is 567. The number of nitrogens with zero attached hydrogens (tertiary/aromatic N) is 1. The van der Waals surface area contributed by atoms with Crippen LogP contribution in [0.15, 0.2) is 27.6 Å². The second kappa shape index (κ2) is 8.70. The van der Waals surface area contributed by atoms with Gasteiger partial charge in [-0.15, -0.1) is 12.4 Å². The zero-order valence-corrected chi connectivity index (χ0v) is 16.2. The number of hydrogen-bond acceptors (Lipinski definition) is 3. The molecule has 0 heterocycles. The minimum atomic E-state index is -3.53. The van der Waals surface area contributed by atoms with Crippen molar-refractivity contribution in [1.29, 1.82) is 0 Å². The number of halogens is 3. The standard InChI is InChI=1S/C13H20BrClN2O2S.ClH/c1-9(2)13(16)6-7-17(3)20(18,19)10-4-5-11(14)12(15)8-10;/h4-5,8-9,13H,6-7,16H2,1-3H3;1H. The van der Waals surface area contributed by atoms with Crippen molar-refractivity contribution in [2.45, 2.75) is 31.2 Å². The minimum absolute atomic E-state index is 0. The van der Waals surface area contributed by atoms with Crippen LogP contribution in [0.4, 0.5) is 0 Å². The number of nitrogens with two attached hydrogens (primary N) is 1. The molecular formula is C13H21BrCl2N2O2S. The van der Waals surface area contributed by atoms with Crippen molar-refractivity contribution < 1.29 is 8.42 Å². The van der Waals surface area contributed by atoms with Crippen LogP contribution >= 0.6 is 39.9 Å². The van der Waals surface area contributed by atoms with Gasteiger partial charge in [-0.3, -0.25) is 0 Å². The number of benzene rings is 1. The maximum Gasteiger partial charge on any atom is 0.242 e. The maximum absolute atomic E-state index is 12.4. The molecule has 8 heteroatoms. The first-order valence-corrected chi connectivity index (χ1v) is 8.94. The summed E-state index contributed by atoms with van der Waals surface area (Å²) in [4.78, 5) is 0.186. The van der Waals surface area contributed by atoms with Crippen LogP contribution in [0.1, 0.15) is 20.3 Å². The van der Waals surface area contributed by atoms with Crippen molar-refractivity contribution in [3.05, 3.63) is 27.7 Å². The first kappa shape index (κ1) is 21.1. The lowest BCUT2D eigenvalue weighted by Crippen LogP contribution is -2.34. The van der Waals surface area contributed by atoms with Crippen molar-refractivity contribution in [1.82, 2.24) is 4.31 Å². The van der Waals surface area contributed by atoms with Gasteiger partial charge in [0, 0.05) is 24.1 Å². The highest BCUT2D eigenvalue weighted by Crippen LogP contribution is 2.26. The predicted molar refractivity (Wildman–Crippen MR) is 93.6 cm³/mol. The average Bonchev–Trinajstić information content (AvgIpc) is 2.38. The van der Waals surface area contributed by atoms with Gasteiger partial charge < -0.3 is 5.73 Å². The van der Waals surface area contributed by atoms with Crippen molar-refractivity contribution in [3.8, 4) is 0 Å². The molecule has 0 aliphatic carbocycles. The van der Waals surface area contributed by atoms with E-state index in [-0.39, 0.29) is 23.3 Å². The zero-order valence-electron chi connectivity index (χ0n) is 12.2. The van der Waals surface area contributed by atoms with E-state index in [4.69, 9.17) is 17.3 Å². The van der Waals surface area contributed by atoms with E-state index in [1.54, 1.807) is 13.1 Å². The van der Waals surface area contributed by atoms with Gasteiger partial charge in [0.2, 0.25) is 10.0 Å². The fourth-order valence-electron chi connectivity index (χ4n) is 1.60. The van der Waals surface area contributed by atoms with Gasteiger partial charge in [-0.25, -0.2) is 12.7 Å². The first-order valence-electron chi connectivity index (χ1n) is 6.33. The summed E-state index contributed by atoms with van der Waals surface area (Å²) in [6.45, 7) is 4.43. The first-order chi connectivity index (χ1) is 9.16. The molecule has 0 spiro atoms. The van der Waals surface area contributed by atoms with Crippen LogP contribution < -0.4 is 5.73 Å². The second-order valence-electron chi connectivity index (χ2n) is 5.10. The third kappa shape index (κ3) is 5.69. The largest absolute Gasteiger partial charge is 0.327 e. The Kier molecular flexibility index (Phi) is 8.76. The van der Waals surface area contributed by atoms with E-state index in [2.05, 4.69) is 15.9 Å². The number of rotatable bonds is 6. The van der Waals surface area contributed by atoms with E-state index in [0.29, 0.717) is 28.4 Å². The summed E-state index contributed by atoms with van der Waals surface area (Å²) in [7, 11) is -1.97.